The fourth-order valence-corrected chi connectivity index (χ4v) is 3.35. The smallest absolute Gasteiger partial charge is 0.321 e. The number of hydrogen-bond acceptors (Lipinski definition) is 4. The molecule has 1 aromatic carbocycles. The Morgan fingerprint density at radius 3 is 3.00 bits per heavy atom. The number of amides is 2. The van der Waals surface area contributed by atoms with Gasteiger partial charge >= 0.3 is 6.03 Å². The van der Waals surface area contributed by atoms with Crippen molar-refractivity contribution in [3.63, 3.8) is 0 Å². The Bertz CT molecular complexity index is 655. The Labute approximate surface area is 134 Å². The monoisotopic (exact) mass is 316 g/mol. The first-order valence-corrected chi connectivity index (χ1v) is 8.41. The van der Waals surface area contributed by atoms with Gasteiger partial charge in [-0.1, -0.05) is 24.3 Å². The average molecular weight is 316 g/mol. The fourth-order valence-electron chi connectivity index (χ4n) is 2.66. The van der Waals surface area contributed by atoms with E-state index in [1.54, 1.807) is 0 Å². The van der Waals surface area contributed by atoms with E-state index in [2.05, 4.69) is 44.8 Å². The Kier molecular flexibility index (Phi) is 4.70. The SMILES string of the molecule is CCNC(=O)Nc1nc(CN2CCc3ccccc3C2)cs1. The maximum Gasteiger partial charge on any atom is 0.321 e. The van der Waals surface area contributed by atoms with Crippen molar-refractivity contribution in [1.29, 1.82) is 0 Å². The quantitative estimate of drug-likeness (QED) is 0.912. The van der Waals surface area contributed by atoms with Gasteiger partial charge in [0, 0.05) is 31.6 Å². The number of nitrogens with zero attached hydrogens (tertiary/aromatic N) is 2. The van der Waals surface area contributed by atoms with E-state index in [-0.39, 0.29) is 6.03 Å². The molecule has 2 N–H and O–H groups in total. The summed E-state index contributed by atoms with van der Waals surface area (Å²) >= 11 is 1.47. The van der Waals surface area contributed by atoms with Gasteiger partial charge in [0.1, 0.15) is 0 Å². The number of aromatic nitrogens is 1. The van der Waals surface area contributed by atoms with Crippen molar-refractivity contribution in [2.24, 2.45) is 0 Å². The van der Waals surface area contributed by atoms with E-state index in [1.807, 2.05) is 12.3 Å². The summed E-state index contributed by atoms with van der Waals surface area (Å²) in [6, 6.07) is 8.41. The molecule has 2 amide bonds. The first-order valence-electron chi connectivity index (χ1n) is 7.53. The highest BCUT2D eigenvalue weighted by atomic mass is 32.1. The fraction of sp³-hybridized carbons (Fsp3) is 0.375. The van der Waals surface area contributed by atoms with Gasteiger partial charge in [0.05, 0.1) is 5.69 Å². The predicted octanol–water partition coefficient (Wildman–Crippen LogP) is 2.84. The number of urea groups is 1. The largest absolute Gasteiger partial charge is 0.338 e. The average Bonchev–Trinajstić information content (AvgIpc) is 2.94. The number of thiazole rings is 1. The number of nitrogens with one attached hydrogen (secondary N) is 2. The summed E-state index contributed by atoms with van der Waals surface area (Å²) in [5, 5.41) is 8.12. The van der Waals surface area contributed by atoms with Crippen LogP contribution in [0.25, 0.3) is 0 Å². The van der Waals surface area contributed by atoms with Gasteiger partial charge in [-0.3, -0.25) is 10.2 Å². The summed E-state index contributed by atoms with van der Waals surface area (Å²) < 4.78 is 0. The van der Waals surface area contributed by atoms with Gasteiger partial charge in [-0.2, -0.15) is 0 Å². The van der Waals surface area contributed by atoms with Crippen LogP contribution in [0, 0.1) is 0 Å². The number of rotatable bonds is 4. The third-order valence-electron chi connectivity index (χ3n) is 3.70. The van der Waals surface area contributed by atoms with Crippen LogP contribution in [0.3, 0.4) is 0 Å². The molecule has 1 aliphatic heterocycles. The first kappa shape index (κ1) is 15.0. The second-order valence-electron chi connectivity index (χ2n) is 5.36. The van der Waals surface area contributed by atoms with Crippen LogP contribution < -0.4 is 10.6 Å². The minimum atomic E-state index is -0.199. The maximum absolute atomic E-state index is 11.5. The molecule has 1 aliphatic rings. The maximum atomic E-state index is 11.5. The van der Waals surface area contributed by atoms with Gasteiger partial charge < -0.3 is 5.32 Å². The Hall–Kier alpha value is -1.92. The molecule has 5 nitrogen and oxygen atoms in total. The normalized spacial score (nSPS) is 14.4. The van der Waals surface area contributed by atoms with Gasteiger partial charge in [-0.15, -0.1) is 11.3 Å². The molecule has 0 saturated heterocycles. The van der Waals surface area contributed by atoms with E-state index in [0.29, 0.717) is 11.7 Å². The van der Waals surface area contributed by atoms with Crippen molar-refractivity contribution >= 4 is 22.5 Å². The number of fused-ring (bicyclic) bond motifs is 1. The molecular weight excluding hydrogens is 296 g/mol. The molecule has 0 bridgehead atoms. The highest BCUT2D eigenvalue weighted by Crippen LogP contribution is 2.22. The molecule has 2 aromatic rings. The van der Waals surface area contributed by atoms with Gasteiger partial charge in [0.15, 0.2) is 5.13 Å². The number of carbonyl (C=O) groups excluding carboxylic acids is 1. The molecule has 1 aromatic heterocycles. The molecule has 0 atom stereocenters. The van der Waals surface area contributed by atoms with Crippen LogP contribution >= 0.6 is 11.3 Å². The summed E-state index contributed by atoms with van der Waals surface area (Å²) in [6.07, 6.45) is 1.09. The van der Waals surface area contributed by atoms with Crippen LogP contribution in [0.4, 0.5) is 9.93 Å². The summed E-state index contributed by atoms with van der Waals surface area (Å²) in [7, 11) is 0. The van der Waals surface area contributed by atoms with Crippen LogP contribution in [0.1, 0.15) is 23.7 Å². The van der Waals surface area contributed by atoms with Crippen molar-refractivity contribution in [3.8, 4) is 0 Å². The van der Waals surface area contributed by atoms with Crippen molar-refractivity contribution in [2.45, 2.75) is 26.4 Å². The minimum Gasteiger partial charge on any atom is -0.338 e. The Balaban J connectivity index is 1.58. The lowest BCUT2D eigenvalue weighted by Gasteiger charge is -2.27. The van der Waals surface area contributed by atoms with Crippen molar-refractivity contribution in [3.05, 3.63) is 46.5 Å². The van der Waals surface area contributed by atoms with E-state index >= 15 is 0 Å². The van der Waals surface area contributed by atoms with Crippen LogP contribution in [0.2, 0.25) is 0 Å². The second-order valence-corrected chi connectivity index (χ2v) is 6.22. The molecular formula is C16H20N4OS. The molecule has 116 valence electrons. The molecule has 0 unspecified atom stereocenters. The first-order chi connectivity index (χ1) is 10.7. The van der Waals surface area contributed by atoms with Crippen molar-refractivity contribution in [1.82, 2.24) is 15.2 Å². The molecule has 0 radical (unpaired) electrons. The van der Waals surface area contributed by atoms with E-state index in [9.17, 15) is 4.79 Å². The van der Waals surface area contributed by atoms with Crippen molar-refractivity contribution < 1.29 is 4.79 Å². The zero-order valence-electron chi connectivity index (χ0n) is 12.6. The predicted molar refractivity (Wildman–Crippen MR) is 89.1 cm³/mol. The minimum absolute atomic E-state index is 0.199. The molecule has 22 heavy (non-hydrogen) atoms. The van der Waals surface area contributed by atoms with Crippen LogP contribution in [-0.4, -0.2) is 29.0 Å². The third kappa shape index (κ3) is 3.64. The molecule has 3 rings (SSSR count). The van der Waals surface area contributed by atoms with E-state index in [4.69, 9.17) is 0 Å². The van der Waals surface area contributed by atoms with Gasteiger partial charge in [0.2, 0.25) is 0 Å². The summed E-state index contributed by atoms with van der Waals surface area (Å²) in [4.78, 5) is 18.4. The molecule has 0 aliphatic carbocycles. The number of anilines is 1. The summed E-state index contributed by atoms with van der Waals surface area (Å²) in [5.74, 6) is 0. The van der Waals surface area contributed by atoms with Crippen molar-refractivity contribution in [2.75, 3.05) is 18.4 Å². The molecule has 0 fully saturated rings. The lowest BCUT2D eigenvalue weighted by atomic mass is 10.00. The van der Waals surface area contributed by atoms with E-state index in [1.165, 1.54) is 22.5 Å². The third-order valence-corrected chi connectivity index (χ3v) is 4.51. The molecule has 6 heteroatoms. The molecule has 0 saturated carbocycles. The highest BCUT2D eigenvalue weighted by Gasteiger charge is 2.17. The van der Waals surface area contributed by atoms with E-state index in [0.717, 1.165) is 31.7 Å². The topological polar surface area (TPSA) is 57.3 Å². The number of benzene rings is 1. The lowest BCUT2D eigenvalue weighted by Crippen LogP contribution is -2.30. The lowest BCUT2D eigenvalue weighted by molar-refractivity contribution is 0.243. The second kappa shape index (κ2) is 6.89. The highest BCUT2D eigenvalue weighted by molar-refractivity contribution is 7.13. The van der Waals surface area contributed by atoms with E-state index < -0.39 is 0 Å². The van der Waals surface area contributed by atoms with Crippen LogP contribution in [-0.2, 0) is 19.5 Å². The molecule has 2 heterocycles. The Morgan fingerprint density at radius 1 is 1.36 bits per heavy atom. The van der Waals surface area contributed by atoms with Gasteiger partial charge in [-0.05, 0) is 24.5 Å². The number of hydrogen-bond donors (Lipinski definition) is 2. The van der Waals surface area contributed by atoms with Gasteiger partial charge in [0.25, 0.3) is 0 Å². The Morgan fingerprint density at radius 2 is 2.18 bits per heavy atom. The number of carbonyl (C=O) groups is 1. The zero-order chi connectivity index (χ0) is 15.4. The van der Waals surface area contributed by atoms with Gasteiger partial charge in [-0.25, -0.2) is 9.78 Å². The van der Waals surface area contributed by atoms with Crippen LogP contribution in [0.5, 0.6) is 0 Å². The zero-order valence-corrected chi connectivity index (χ0v) is 13.4. The van der Waals surface area contributed by atoms with Crippen LogP contribution in [0.15, 0.2) is 29.6 Å². The summed E-state index contributed by atoms with van der Waals surface area (Å²) in [5.41, 5.74) is 3.87. The standard InChI is InChI=1S/C16H20N4OS/c1-2-17-15(21)19-16-18-14(11-22-16)10-20-8-7-12-5-3-4-6-13(12)9-20/h3-6,11H,2,7-10H2,1H3,(H2,17,18,19,21). The molecule has 0 spiro atoms. The summed E-state index contributed by atoms with van der Waals surface area (Å²) in [6.45, 7) is 5.33.